The summed E-state index contributed by atoms with van der Waals surface area (Å²) in [5.74, 6) is 2.04. The van der Waals surface area contributed by atoms with Crippen molar-refractivity contribution in [3.63, 3.8) is 0 Å². The number of nitrogens with two attached hydrogens (primary N) is 1. The highest BCUT2D eigenvalue weighted by Crippen LogP contribution is 2.33. The normalized spacial score (nSPS) is 11.7. The highest BCUT2D eigenvalue weighted by molar-refractivity contribution is 5.63. The summed E-state index contributed by atoms with van der Waals surface area (Å²) in [5.41, 5.74) is 7.36. The zero-order valence-corrected chi connectivity index (χ0v) is 16.2. The Balaban J connectivity index is 1.90. The molecular weight excluding hydrogens is 378 g/mol. The molecule has 0 aliphatic carbocycles. The molecule has 0 radical (unpaired) electrons. The summed E-state index contributed by atoms with van der Waals surface area (Å²) >= 11 is 0. The number of H-pyrrole nitrogens is 1. The van der Waals surface area contributed by atoms with E-state index >= 15 is 0 Å². The lowest BCUT2D eigenvalue weighted by Gasteiger charge is -2.13. The van der Waals surface area contributed by atoms with Gasteiger partial charge in [0.2, 0.25) is 0 Å². The van der Waals surface area contributed by atoms with E-state index < -0.39 is 11.0 Å². The zero-order chi connectivity index (χ0) is 21.0. The minimum absolute atomic E-state index is 0.160. The summed E-state index contributed by atoms with van der Waals surface area (Å²) in [7, 11) is 2.92. The number of ether oxygens (including phenoxy) is 3. The van der Waals surface area contributed by atoms with E-state index in [0.717, 1.165) is 5.56 Å². The van der Waals surface area contributed by atoms with Crippen molar-refractivity contribution in [2.24, 2.45) is 5.73 Å². The van der Waals surface area contributed by atoms with E-state index in [1.807, 2.05) is 13.0 Å². The van der Waals surface area contributed by atoms with Crippen molar-refractivity contribution in [1.82, 2.24) is 15.2 Å². The van der Waals surface area contributed by atoms with Crippen LogP contribution in [-0.2, 0) is 0 Å². The summed E-state index contributed by atoms with van der Waals surface area (Å²) in [6, 6.07) is 9.27. The highest BCUT2D eigenvalue weighted by Gasteiger charge is 2.20. The molecule has 1 heterocycles. The first-order valence-corrected chi connectivity index (χ1v) is 8.79. The van der Waals surface area contributed by atoms with Gasteiger partial charge in [-0.2, -0.15) is 5.10 Å². The van der Waals surface area contributed by atoms with Crippen molar-refractivity contribution in [1.29, 1.82) is 0 Å². The average molecular weight is 399 g/mol. The van der Waals surface area contributed by atoms with Gasteiger partial charge in [-0.15, -0.1) is 0 Å². The summed E-state index contributed by atoms with van der Waals surface area (Å²) in [6.45, 7) is 2.40. The first-order chi connectivity index (χ1) is 14.0. The molecule has 0 spiro atoms. The number of hydrogen-bond acceptors (Lipinski definition) is 8. The Morgan fingerprint density at radius 3 is 2.52 bits per heavy atom. The van der Waals surface area contributed by atoms with Crippen molar-refractivity contribution in [2.45, 2.75) is 13.0 Å². The van der Waals surface area contributed by atoms with E-state index in [-0.39, 0.29) is 11.4 Å². The Bertz CT molecular complexity index is 1020. The van der Waals surface area contributed by atoms with Crippen molar-refractivity contribution in [2.75, 3.05) is 20.8 Å². The lowest BCUT2D eigenvalue weighted by Crippen LogP contribution is -2.14. The van der Waals surface area contributed by atoms with Gasteiger partial charge < -0.3 is 19.9 Å². The average Bonchev–Trinajstić information content (AvgIpc) is 3.23. The highest BCUT2D eigenvalue weighted by atomic mass is 16.6. The molecule has 3 N–H and O–H groups in total. The fourth-order valence-electron chi connectivity index (χ4n) is 2.82. The largest absolute Gasteiger partial charge is 0.493 e. The van der Waals surface area contributed by atoms with Gasteiger partial charge in [0.15, 0.2) is 23.1 Å². The molecule has 3 rings (SSSR count). The molecule has 0 bridgehead atoms. The SMILES string of the molecule is CCOc1ccc([C@H](N)c2nc(-c3ccc(OC)c([N+](=O)[O-])c3)n[nH]2)cc1OC. The predicted octanol–water partition coefficient (Wildman–Crippen LogP) is 2.84. The van der Waals surface area contributed by atoms with E-state index in [0.29, 0.717) is 35.3 Å². The molecule has 29 heavy (non-hydrogen) atoms. The predicted molar refractivity (Wildman–Crippen MR) is 105 cm³/mol. The molecule has 2 aromatic carbocycles. The van der Waals surface area contributed by atoms with Crippen LogP contribution in [0.5, 0.6) is 17.2 Å². The monoisotopic (exact) mass is 399 g/mol. The van der Waals surface area contributed by atoms with Crippen LogP contribution in [0.4, 0.5) is 5.69 Å². The van der Waals surface area contributed by atoms with Crippen molar-refractivity contribution < 1.29 is 19.1 Å². The third-order valence-corrected chi connectivity index (χ3v) is 4.28. The standard InChI is InChI=1S/C19H21N5O5/c1-4-29-15-8-5-11(10-16(15)28-3)17(20)19-21-18(22-23-19)12-6-7-14(27-2)13(9-12)24(25)26/h5-10,17H,4,20H2,1-3H3,(H,21,22,23)/t17-/m0/s1. The van der Waals surface area contributed by atoms with E-state index in [9.17, 15) is 10.1 Å². The van der Waals surface area contributed by atoms with Crippen LogP contribution in [0.3, 0.4) is 0 Å². The second-order valence-electron chi connectivity index (χ2n) is 6.01. The van der Waals surface area contributed by atoms with E-state index in [1.165, 1.54) is 19.2 Å². The van der Waals surface area contributed by atoms with Crippen molar-refractivity contribution in [3.8, 4) is 28.6 Å². The van der Waals surface area contributed by atoms with Crippen LogP contribution < -0.4 is 19.9 Å². The molecule has 1 atom stereocenters. The number of rotatable bonds is 8. The Morgan fingerprint density at radius 2 is 1.86 bits per heavy atom. The number of benzene rings is 2. The van der Waals surface area contributed by atoms with E-state index in [2.05, 4.69) is 15.2 Å². The molecule has 152 valence electrons. The molecule has 0 saturated carbocycles. The van der Waals surface area contributed by atoms with E-state index in [1.54, 1.807) is 25.3 Å². The number of nitro groups is 1. The third-order valence-electron chi connectivity index (χ3n) is 4.28. The van der Waals surface area contributed by atoms with Crippen LogP contribution in [0, 0.1) is 10.1 Å². The molecule has 0 fully saturated rings. The second kappa shape index (κ2) is 8.57. The molecule has 0 aliphatic heterocycles. The van der Waals surface area contributed by atoms with Crippen LogP contribution in [0.1, 0.15) is 24.4 Å². The Morgan fingerprint density at radius 1 is 1.14 bits per heavy atom. The first kappa shape index (κ1) is 20.1. The zero-order valence-electron chi connectivity index (χ0n) is 16.2. The quantitative estimate of drug-likeness (QED) is 0.435. The number of nitro benzene ring substituents is 1. The molecular formula is C19H21N5O5. The number of hydrogen-bond donors (Lipinski definition) is 2. The Hall–Kier alpha value is -3.66. The van der Waals surface area contributed by atoms with Gasteiger partial charge in [0, 0.05) is 11.6 Å². The van der Waals surface area contributed by atoms with Gasteiger partial charge >= 0.3 is 5.69 Å². The maximum absolute atomic E-state index is 11.2. The summed E-state index contributed by atoms with van der Waals surface area (Å²) in [5, 5.41) is 18.2. The number of aromatic nitrogens is 3. The molecule has 0 amide bonds. The molecule has 0 saturated heterocycles. The topological polar surface area (TPSA) is 138 Å². The summed E-state index contributed by atoms with van der Waals surface area (Å²) in [4.78, 5) is 15.1. The van der Waals surface area contributed by atoms with Crippen molar-refractivity contribution in [3.05, 3.63) is 57.9 Å². The first-order valence-electron chi connectivity index (χ1n) is 8.79. The van der Waals surface area contributed by atoms with Crippen molar-refractivity contribution >= 4 is 5.69 Å². The van der Waals surface area contributed by atoms with Gasteiger partial charge in [0.1, 0.15) is 5.82 Å². The number of aromatic amines is 1. The van der Waals surface area contributed by atoms with Crippen LogP contribution in [0.2, 0.25) is 0 Å². The molecule has 0 aliphatic rings. The molecule has 1 aromatic heterocycles. The molecule has 10 nitrogen and oxygen atoms in total. The Kier molecular flexibility index (Phi) is 5.93. The smallest absolute Gasteiger partial charge is 0.311 e. The molecule has 10 heteroatoms. The minimum atomic E-state index is -0.603. The van der Waals surface area contributed by atoms with Gasteiger partial charge in [-0.25, -0.2) is 4.98 Å². The van der Waals surface area contributed by atoms with Crippen LogP contribution in [0.15, 0.2) is 36.4 Å². The number of methoxy groups -OCH3 is 2. The van der Waals surface area contributed by atoms with Gasteiger partial charge in [-0.3, -0.25) is 15.2 Å². The third kappa shape index (κ3) is 4.11. The lowest BCUT2D eigenvalue weighted by atomic mass is 10.1. The maximum atomic E-state index is 11.2. The lowest BCUT2D eigenvalue weighted by molar-refractivity contribution is -0.385. The van der Waals surface area contributed by atoms with Crippen LogP contribution >= 0.6 is 0 Å². The van der Waals surface area contributed by atoms with Gasteiger partial charge in [-0.1, -0.05) is 6.07 Å². The fourth-order valence-corrected chi connectivity index (χ4v) is 2.82. The van der Waals surface area contributed by atoms with Gasteiger partial charge in [-0.05, 0) is 36.8 Å². The second-order valence-corrected chi connectivity index (χ2v) is 6.01. The molecule has 0 unspecified atom stereocenters. The van der Waals surface area contributed by atoms with Gasteiger partial charge in [0.05, 0.1) is 31.8 Å². The summed E-state index contributed by atoms with van der Waals surface area (Å²) < 4.78 is 15.9. The molecule has 3 aromatic rings. The van der Waals surface area contributed by atoms with Crippen LogP contribution in [0.25, 0.3) is 11.4 Å². The van der Waals surface area contributed by atoms with Gasteiger partial charge in [0.25, 0.3) is 0 Å². The Labute approximate surface area is 166 Å². The van der Waals surface area contributed by atoms with E-state index in [4.69, 9.17) is 19.9 Å². The fraction of sp³-hybridized carbons (Fsp3) is 0.263. The minimum Gasteiger partial charge on any atom is -0.493 e. The summed E-state index contributed by atoms with van der Waals surface area (Å²) in [6.07, 6.45) is 0. The number of nitrogens with zero attached hydrogens (tertiary/aromatic N) is 3. The number of nitrogens with one attached hydrogen (secondary N) is 1. The van der Waals surface area contributed by atoms with Crippen LogP contribution in [-0.4, -0.2) is 40.9 Å². The maximum Gasteiger partial charge on any atom is 0.311 e.